The Hall–Kier alpha value is -2.02. The van der Waals surface area contributed by atoms with Crippen LogP contribution in [0.2, 0.25) is 0 Å². The minimum absolute atomic E-state index is 0.0999. The Morgan fingerprint density at radius 1 is 1.48 bits per heavy atom. The molecule has 2 amide bonds. The van der Waals surface area contributed by atoms with Crippen molar-refractivity contribution >= 4 is 29.2 Å². The molecule has 0 saturated carbocycles. The lowest BCUT2D eigenvalue weighted by Gasteiger charge is -2.32. The normalized spacial score (nSPS) is 20.3. The second-order valence-electron chi connectivity index (χ2n) is 6.27. The van der Waals surface area contributed by atoms with Crippen molar-refractivity contribution in [2.45, 2.75) is 38.1 Å². The van der Waals surface area contributed by atoms with E-state index in [-0.39, 0.29) is 11.8 Å². The summed E-state index contributed by atoms with van der Waals surface area (Å²) in [6, 6.07) is 3.46. The van der Waals surface area contributed by atoms with Gasteiger partial charge in [0, 0.05) is 18.1 Å². The predicted molar refractivity (Wildman–Crippen MR) is 90.2 cm³/mol. The van der Waals surface area contributed by atoms with Gasteiger partial charge in [0.25, 0.3) is 0 Å². The number of aromatic nitrogens is 2. The number of pyridine rings is 1. The van der Waals surface area contributed by atoms with E-state index in [9.17, 15) is 9.59 Å². The highest BCUT2D eigenvalue weighted by atomic mass is 32.2. The zero-order chi connectivity index (χ0) is 16.6. The number of aryl methyl sites for hydroxylation is 1. The first-order chi connectivity index (χ1) is 10.8. The minimum Gasteiger partial charge on any atom is -0.349 e. The highest BCUT2D eigenvalue weighted by Crippen LogP contribution is 2.28. The molecule has 1 atom stereocenters. The number of thioether (sulfide) groups is 1. The molecule has 0 aromatic carbocycles. The number of carbonyl (C=O) groups is 2. The van der Waals surface area contributed by atoms with Crippen LogP contribution in [0.1, 0.15) is 25.1 Å². The fourth-order valence-electron chi connectivity index (χ4n) is 2.41. The Bertz CT molecular complexity index is 769. The molecule has 23 heavy (non-hydrogen) atoms. The number of nitrogens with one attached hydrogen (secondary N) is 2. The molecule has 0 spiro atoms. The maximum Gasteiger partial charge on any atom is 0.243 e. The van der Waals surface area contributed by atoms with Crippen molar-refractivity contribution < 1.29 is 9.59 Å². The molecular weight excluding hydrogens is 312 g/mol. The summed E-state index contributed by atoms with van der Waals surface area (Å²) in [5.41, 5.74) is 2.79. The Labute approximate surface area is 139 Å². The van der Waals surface area contributed by atoms with Crippen molar-refractivity contribution in [3.05, 3.63) is 35.8 Å². The molecular formula is C16H20N4O2S. The summed E-state index contributed by atoms with van der Waals surface area (Å²) in [6.45, 7) is 6.09. The molecule has 7 heteroatoms. The van der Waals surface area contributed by atoms with E-state index in [4.69, 9.17) is 0 Å². The summed E-state index contributed by atoms with van der Waals surface area (Å²) in [7, 11) is 0. The van der Waals surface area contributed by atoms with E-state index in [0.29, 0.717) is 12.3 Å². The summed E-state index contributed by atoms with van der Waals surface area (Å²) < 4.78 is 1.47. The van der Waals surface area contributed by atoms with E-state index in [1.54, 1.807) is 0 Å². The molecule has 0 aliphatic carbocycles. The standard InChI is InChI=1S/C16H20N4O2S/c1-10-4-5-13-18-11(8-20(13)7-10)6-17-14(21)12-9-23-16(2,3)15(22)19-12/h4-5,7-8,12H,6,9H2,1-3H3,(H,17,21)(H,19,22)/t12-/m0/s1. The molecule has 1 aliphatic heterocycles. The largest absolute Gasteiger partial charge is 0.349 e. The van der Waals surface area contributed by atoms with Crippen LogP contribution in [0.4, 0.5) is 0 Å². The van der Waals surface area contributed by atoms with E-state index < -0.39 is 10.8 Å². The van der Waals surface area contributed by atoms with E-state index in [0.717, 1.165) is 16.9 Å². The van der Waals surface area contributed by atoms with Crippen LogP contribution in [-0.4, -0.2) is 37.7 Å². The Morgan fingerprint density at radius 3 is 3.00 bits per heavy atom. The monoisotopic (exact) mass is 332 g/mol. The van der Waals surface area contributed by atoms with Crippen LogP contribution < -0.4 is 10.6 Å². The number of fused-ring (bicyclic) bond motifs is 1. The van der Waals surface area contributed by atoms with Gasteiger partial charge in [-0.3, -0.25) is 9.59 Å². The SMILES string of the molecule is Cc1ccc2nc(CNC(=O)[C@@H]3CSC(C)(C)C(=O)N3)cn2c1. The van der Waals surface area contributed by atoms with E-state index in [1.807, 2.05) is 49.7 Å². The zero-order valence-electron chi connectivity index (χ0n) is 13.4. The zero-order valence-corrected chi connectivity index (χ0v) is 14.2. The number of hydrogen-bond acceptors (Lipinski definition) is 4. The van der Waals surface area contributed by atoms with E-state index in [2.05, 4.69) is 15.6 Å². The first-order valence-corrected chi connectivity index (χ1v) is 8.50. The second kappa shape index (κ2) is 5.88. The van der Waals surface area contributed by atoms with Gasteiger partial charge >= 0.3 is 0 Å². The van der Waals surface area contributed by atoms with Gasteiger partial charge in [-0.25, -0.2) is 4.98 Å². The molecule has 122 valence electrons. The topological polar surface area (TPSA) is 75.5 Å². The molecule has 0 unspecified atom stereocenters. The first-order valence-electron chi connectivity index (χ1n) is 7.52. The highest BCUT2D eigenvalue weighted by molar-refractivity contribution is 8.01. The van der Waals surface area contributed by atoms with Crippen LogP contribution in [-0.2, 0) is 16.1 Å². The molecule has 1 saturated heterocycles. The highest BCUT2D eigenvalue weighted by Gasteiger charge is 2.37. The quantitative estimate of drug-likeness (QED) is 0.887. The molecule has 2 N–H and O–H groups in total. The van der Waals surface area contributed by atoms with Gasteiger partial charge < -0.3 is 15.0 Å². The molecule has 1 aliphatic rings. The Morgan fingerprint density at radius 2 is 2.26 bits per heavy atom. The molecule has 2 aromatic heterocycles. The third-order valence-corrected chi connectivity index (χ3v) is 5.28. The average molecular weight is 332 g/mol. The minimum atomic E-state index is -0.486. The van der Waals surface area contributed by atoms with Gasteiger partial charge in [0.2, 0.25) is 11.8 Å². The molecule has 0 bridgehead atoms. The number of carbonyl (C=O) groups excluding carboxylic acids is 2. The lowest BCUT2D eigenvalue weighted by atomic mass is 10.1. The molecule has 3 heterocycles. The van der Waals surface area contributed by atoms with Crippen molar-refractivity contribution in [2.24, 2.45) is 0 Å². The number of hydrogen-bond donors (Lipinski definition) is 2. The van der Waals surface area contributed by atoms with E-state index >= 15 is 0 Å². The van der Waals surface area contributed by atoms with Crippen LogP contribution in [0.3, 0.4) is 0 Å². The maximum atomic E-state index is 12.2. The van der Waals surface area contributed by atoms with Gasteiger partial charge in [-0.15, -0.1) is 11.8 Å². The first kappa shape index (κ1) is 15.9. The van der Waals surface area contributed by atoms with Crippen molar-refractivity contribution in [3.63, 3.8) is 0 Å². The van der Waals surface area contributed by atoms with Crippen LogP contribution in [0.25, 0.3) is 5.65 Å². The second-order valence-corrected chi connectivity index (χ2v) is 7.91. The number of amides is 2. The number of rotatable bonds is 3. The Balaban J connectivity index is 1.61. The van der Waals surface area contributed by atoms with E-state index in [1.165, 1.54) is 11.8 Å². The van der Waals surface area contributed by atoms with Gasteiger partial charge in [0.05, 0.1) is 17.0 Å². The fraction of sp³-hybridized carbons (Fsp3) is 0.438. The third kappa shape index (κ3) is 3.34. The Kier molecular flexibility index (Phi) is 4.06. The molecule has 2 aromatic rings. The van der Waals surface area contributed by atoms with Crippen LogP contribution in [0, 0.1) is 6.92 Å². The van der Waals surface area contributed by atoms with Crippen molar-refractivity contribution in [1.82, 2.24) is 20.0 Å². The fourth-order valence-corrected chi connectivity index (χ4v) is 3.42. The van der Waals surface area contributed by atoms with Gasteiger partial charge in [0.1, 0.15) is 11.7 Å². The van der Waals surface area contributed by atoms with Crippen LogP contribution >= 0.6 is 11.8 Å². The van der Waals surface area contributed by atoms with Gasteiger partial charge in [-0.2, -0.15) is 0 Å². The number of nitrogens with zero attached hydrogens (tertiary/aromatic N) is 2. The van der Waals surface area contributed by atoms with Crippen molar-refractivity contribution in [2.75, 3.05) is 5.75 Å². The van der Waals surface area contributed by atoms with Crippen LogP contribution in [0.15, 0.2) is 24.5 Å². The summed E-state index contributed by atoms with van der Waals surface area (Å²) in [5, 5.41) is 5.63. The lowest BCUT2D eigenvalue weighted by Crippen LogP contribution is -2.57. The third-order valence-electron chi connectivity index (χ3n) is 3.87. The molecule has 6 nitrogen and oxygen atoms in total. The van der Waals surface area contributed by atoms with Gasteiger partial charge in [-0.1, -0.05) is 6.07 Å². The summed E-state index contributed by atoms with van der Waals surface area (Å²) in [5.74, 6) is 0.307. The van der Waals surface area contributed by atoms with Crippen molar-refractivity contribution in [3.8, 4) is 0 Å². The summed E-state index contributed by atoms with van der Waals surface area (Å²) in [6.07, 6.45) is 3.90. The van der Waals surface area contributed by atoms with Crippen LogP contribution in [0.5, 0.6) is 0 Å². The maximum absolute atomic E-state index is 12.2. The molecule has 0 radical (unpaired) electrons. The number of imidazole rings is 1. The van der Waals surface area contributed by atoms with Gasteiger partial charge in [-0.05, 0) is 32.4 Å². The van der Waals surface area contributed by atoms with Crippen molar-refractivity contribution in [1.29, 1.82) is 0 Å². The lowest BCUT2D eigenvalue weighted by molar-refractivity contribution is -0.129. The van der Waals surface area contributed by atoms with Gasteiger partial charge in [0.15, 0.2) is 0 Å². The molecule has 1 fully saturated rings. The average Bonchev–Trinajstić information content (AvgIpc) is 2.89. The summed E-state index contributed by atoms with van der Waals surface area (Å²) in [4.78, 5) is 28.6. The predicted octanol–water partition coefficient (Wildman–Crippen LogP) is 1.27. The smallest absolute Gasteiger partial charge is 0.243 e. The molecule has 3 rings (SSSR count). The summed E-state index contributed by atoms with van der Waals surface area (Å²) >= 11 is 1.50.